The van der Waals surface area contributed by atoms with Crippen LogP contribution >= 0.6 is 0 Å². The molecular formula is C31H42N4O3. The van der Waals surface area contributed by atoms with Gasteiger partial charge in [0.05, 0.1) is 13.2 Å². The van der Waals surface area contributed by atoms with E-state index < -0.39 is 6.16 Å². The van der Waals surface area contributed by atoms with Gasteiger partial charge in [0, 0.05) is 60.1 Å². The van der Waals surface area contributed by atoms with Gasteiger partial charge in [-0.25, -0.2) is 4.79 Å². The highest BCUT2D eigenvalue weighted by atomic mass is 16.7. The number of carbonyl (C=O) groups excluding carboxylic acids is 1. The fourth-order valence-electron chi connectivity index (χ4n) is 4.95. The quantitative estimate of drug-likeness (QED) is 0.213. The van der Waals surface area contributed by atoms with Crippen LogP contribution < -0.4 is 0 Å². The first kappa shape index (κ1) is 27.7. The molecule has 0 amide bonds. The minimum atomic E-state index is -0.609. The summed E-state index contributed by atoms with van der Waals surface area (Å²) in [5.74, 6) is 0. The molecule has 0 bridgehead atoms. The molecule has 2 N–H and O–H groups in total. The number of carbonyl (C=O) groups is 1. The number of hydrogen-bond acceptors (Lipinski definition) is 5. The van der Waals surface area contributed by atoms with Crippen molar-refractivity contribution in [2.45, 2.75) is 39.5 Å². The molecule has 7 nitrogen and oxygen atoms in total. The summed E-state index contributed by atoms with van der Waals surface area (Å²) in [5.41, 5.74) is 7.23. The third-order valence-corrected chi connectivity index (χ3v) is 7.54. The molecule has 0 aliphatic carbocycles. The minimum Gasteiger partial charge on any atom is -0.434 e. The van der Waals surface area contributed by atoms with Crippen molar-refractivity contribution >= 4 is 28.0 Å². The Morgan fingerprint density at radius 1 is 0.684 bits per heavy atom. The zero-order chi connectivity index (χ0) is 26.9. The molecule has 204 valence electrons. The first-order valence-corrected chi connectivity index (χ1v) is 13.8. The van der Waals surface area contributed by atoms with Crippen molar-refractivity contribution in [1.29, 1.82) is 0 Å². The summed E-state index contributed by atoms with van der Waals surface area (Å²) in [4.78, 5) is 23.7. The summed E-state index contributed by atoms with van der Waals surface area (Å²) >= 11 is 0. The molecule has 38 heavy (non-hydrogen) atoms. The maximum Gasteiger partial charge on any atom is 0.508 e. The van der Waals surface area contributed by atoms with Crippen molar-refractivity contribution < 1.29 is 14.3 Å². The molecule has 7 heteroatoms. The van der Waals surface area contributed by atoms with Crippen LogP contribution in [0.1, 0.15) is 36.1 Å². The zero-order valence-corrected chi connectivity index (χ0v) is 23.3. The van der Waals surface area contributed by atoms with Crippen molar-refractivity contribution in [3.05, 3.63) is 71.0 Å². The van der Waals surface area contributed by atoms with Crippen LogP contribution in [0.2, 0.25) is 0 Å². The van der Waals surface area contributed by atoms with E-state index >= 15 is 0 Å². The van der Waals surface area contributed by atoms with Crippen molar-refractivity contribution in [2.24, 2.45) is 0 Å². The van der Waals surface area contributed by atoms with Crippen LogP contribution in [0.3, 0.4) is 0 Å². The van der Waals surface area contributed by atoms with Gasteiger partial charge in [0.2, 0.25) is 0 Å². The standard InChI is InChI=1S/C31H42N4O3/c1-5-34(3)17-13-25-21-32-27-11-7-9-23(29(25)27)15-19-37-31(36)38-20-16-24-10-8-12-28-30(24)26(22-33-28)14-18-35(4)6-2/h7-12,21-22,32-33H,5-6,13-20H2,1-4H3. The van der Waals surface area contributed by atoms with Crippen LogP contribution in [0.5, 0.6) is 0 Å². The summed E-state index contributed by atoms with van der Waals surface area (Å²) in [6.07, 6.45) is 6.86. The van der Waals surface area contributed by atoms with E-state index in [1.165, 1.54) is 33.0 Å². The largest absolute Gasteiger partial charge is 0.508 e. The first-order chi connectivity index (χ1) is 18.5. The molecule has 4 rings (SSSR count). The van der Waals surface area contributed by atoms with Crippen LogP contribution in [0, 0.1) is 0 Å². The van der Waals surface area contributed by atoms with Crippen molar-refractivity contribution in [3.63, 3.8) is 0 Å². The summed E-state index contributed by atoms with van der Waals surface area (Å²) in [6, 6.07) is 12.5. The van der Waals surface area contributed by atoms with E-state index in [1.54, 1.807) is 0 Å². The Hall–Kier alpha value is -3.29. The molecule has 0 saturated carbocycles. The number of rotatable bonds is 14. The van der Waals surface area contributed by atoms with Gasteiger partial charge in [0.15, 0.2) is 0 Å². The lowest BCUT2D eigenvalue weighted by Crippen LogP contribution is -2.20. The molecule has 0 saturated heterocycles. The average molecular weight is 519 g/mol. The molecule has 0 atom stereocenters. The molecular weight excluding hydrogens is 476 g/mol. The second kappa shape index (κ2) is 13.5. The van der Waals surface area contributed by atoms with Gasteiger partial charge in [-0.15, -0.1) is 0 Å². The molecule has 0 radical (unpaired) electrons. The van der Waals surface area contributed by atoms with Gasteiger partial charge in [0.1, 0.15) is 0 Å². The molecule has 0 spiro atoms. The number of ether oxygens (including phenoxy) is 2. The molecule has 2 aromatic heterocycles. The van der Waals surface area contributed by atoms with Gasteiger partial charge >= 0.3 is 6.16 Å². The van der Waals surface area contributed by atoms with Gasteiger partial charge in [-0.2, -0.15) is 0 Å². The minimum absolute atomic E-state index is 0.292. The van der Waals surface area contributed by atoms with E-state index in [-0.39, 0.29) is 0 Å². The fourth-order valence-corrected chi connectivity index (χ4v) is 4.95. The van der Waals surface area contributed by atoms with Gasteiger partial charge in [-0.1, -0.05) is 38.1 Å². The Bertz CT molecular complexity index is 1230. The lowest BCUT2D eigenvalue weighted by molar-refractivity contribution is 0.0570. The molecule has 0 aliphatic rings. The number of aromatic nitrogens is 2. The monoisotopic (exact) mass is 518 g/mol. The molecule has 0 fully saturated rings. The Morgan fingerprint density at radius 3 is 1.55 bits per heavy atom. The number of fused-ring (bicyclic) bond motifs is 2. The zero-order valence-electron chi connectivity index (χ0n) is 23.3. The highest BCUT2D eigenvalue weighted by molar-refractivity contribution is 5.87. The Kier molecular flexibility index (Phi) is 9.85. The third kappa shape index (κ3) is 6.97. The molecule has 0 unspecified atom stereocenters. The lowest BCUT2D eigenvalue weighted by atomic mass is 10.0. The van der Waals surface area contributed by atoms with Crippen LogP contribution in [-0.2, 0) is 35.2 Å². The second-order valence-electron chi connectivity index (χ2n) is 10.0. The van der Waals surface area contributed by atoms with Crippen LogP contribution in [-0.4, -0.2) is 79.4 Å². The van der Waals surface area contributed by atoms with E-state index in [2.05, 4.69) is 84.4 Å². The van der Waals surface area contributed by atoms with Crippen LogP contribution in [0.15, 0.2) is 48.8 Å². The highest BCUT2D eigenvalue weighted by Gasteiger charge is 2.13. The molecule has 2 heterocycles. The van der Waals surface area contributed by atoms with E-state index in [0.29, 0.717) is 26.1 Å². The number of nitrogens with zero attached hydrogens (tertiary/aromatic N) is 2. The number of hydrogen-bond donors (Lipinski definition) is 2. The summed E-state index contributed by atoms with van der Waals surface area (Å²) in [5, 5.41) is 2.49. The predicted octanol–water partition coefficient (Wildman–Crippen LogP) is 5.58. The fraction of sp³-hybridized carbons (Fsp3) is 0.452. The van der Waals surface area contributed by atoms with Gasteiger partial charge < -0.3 is 29.2 Å². The maximum absolute atomic E-state index is 12.3. The smallest absolute Gasteiger partial charge is 0.434 e. The van der Waals surface area contributed by atoms with Crippen molar-refractivity contribution in [3.8, 4) is 0 Å². The molecule has 4 aromatic rings. The predicted molar refractivity (Wildman–Crippen MR) is 155 cm³/mol. The van der Waals surface area contributed by atoms with Crippen molar-refractivity contribution in [2.75, 3.05) is 53.5 Å². The van der Waals surface area contributed by atoms with Gasteiger partial charge in [-0.05, 0) is 74.4 Å². The van der Waals surface area contributed by atoms with Gasteiger partial charge in [0.25, 0.3) is 0 Å². The second-order valence-corrected chi connectivity index (χ2v) is 10.0. The summed E-state index contributed by atoms with van der Waals surface area (Å²) in [6.45, 7) is 9.00. The average Bonchev–Trinajstić information content (AvgIpc) is 3.55. The van der Waals surface area contributed by atoms with Crippen molar-refractivity contribution in [1.82, 2.24) is 19.8 Å². The Balaban J connectivity index is 1.28. The van der Waals surface area contributed by atoms with Crippen LogP contribution in [0.25, 0.3) is 21.8 Å². The Morgan fingerprint density at radius 2 is 1.13 bits per heavy atom. The molecule has 0 aliphatic heterocycles. The van der Waals surface area contributed by atoms with Gasteiger partial charge in [-0.3, -0.25) is 0 Å². The summed E-state index contributed by atoms with van der Waals surface area (Å²) in [7, 11) is 4.28. The molecule has 2 aromatic carbocycles. The lowest BCUT2D eigenvalue weighted by Gasteiger charge is -2.14. The first-order valence-electron chi connectivity index (χ1n) is 13.8. The van der Waals surface area contributed by atoms with E-state index in [4.69, 9.17) is 9.47 Å². The number of benzene rings is 2. The topological polar surface area (TPSA) is 73.6 Å². The number of nitrogens with one attached hydrogen (secondary N) is 2. The Labute approximate surface area is 226 Å². The number of aromatic amines is 2. The highest BCUT2D eigenvalue weighted by Crippen LogP contribution is 2.25. The van der Waals surface area contributed by atoms with E-state index in [1.807, 2.05) is 12.1 Å². The third-order valence-electron chi connectivity index (χ3n) is 7.54. The van der Waals surface area contributed by atoms with E-state index in [0.717, 1.165) is 50.1 Å². The maximum atomic E-state index is 12.3. The SMILES string of the molecule is CCN(C)CCc1c[nH]c2cccc(CCOC(=O)OCCc3cccc4[nH]cc(CCN(C)CC)c34)c12. The van der Waals surface area contributed by atoms with E-state index in [9.17, 15) is 4.79 Å². The normalized spacial score (nSPS) is 11.7. The number of H-pyrrole nitrogens is 2. The summed E-state index contributed by atoms with van der Waals surface area (Å²) < 4.78 is 10.9. The van der Waals surface area contributed by atoms with Crippen LogP contribution in [0.4, 0.5) is 4.79 Å². The number of likely N-dealkylation sites (N-methyl/N-ethyl adjacent to an activating group) is 2.